The van der Waals surface area contributed by atoms with Crippen LogP contribution in [0.4, 0.5) is 0 Å². The Labute approximate surface area is 193 Å². The van der Waals surface area contributed by atoms with Gasteiger partial charge in [0.25, 0.3) is 0 Å². The van der Waals surface area contributed by atoms with Crippen molar-refractivity contribution >= 4 is 21.9 Å². The van der Waals surface area contributed by atoms with Crippen LogP contribution >= 0.6 is 15.9 Å². The monoisotopic (exact) mass is 489 g/mol. The molecule has 6 heteroatoms. The standard InChI is InChI=1S/C25H32BrNO4/c1-25(2,14-18-11-19-5-3-4-6-20(19)12-18)27-15-21(28)16-31-23-13-17(7-9-22(23)26)8-10-24(29)30/h3-7,9,13,18,21,27-28H,8,10-12,14-16H2,1-2H3,(H,29,30)/t21-/m0/s1. The maximum absolute atomic E-state index is 10.8. The zero-order chi connectivity index (χ0) is 22.4. The van der Waals surface area contributed by atoms with Gasteiger partial charge in [-0.05, 0) is 90.2 Å². The molecule has 3 N–H and O–H groups in total. The third kappa shape index (κ3) is 7.34. The van der Waals surface area contributed by atoms with Gasteiger partial charge < -0.3 is 20.3 Å². The number of carboxylic acids is 1. The summed E-state index contributed by atoms with van der Waals surface area (Å²) in [5.41, 5.74) is 3.75. The Morgan fingerprint density at radius 1 is 1.23 bits per heavy atom. The van der Waals surface area contributed by atoms with Crippen molar-refractivity contribution in [2.24, 2.45) is 5.92 Å². The van der Waals surface area contributed by atoms with E-state index in [1.807, 2.05) is 18.2 Å². The SMILES string of the molecule is CC(C)(CC1Cc2ccccc2C1)NC[C@H](O)COc1cc(CCC(=O)O)ccc1Br. The zero-order valence-corrected chi connectivity index (χ0v) is 19.8. The minimum Gasteiger partial charge on any atom is -0.490 e. The molecule has 5 nitrogen and oxygen atoms in total. The highest BCUT2D eigenvalue weighted by Gasteiger charge is 2.28. The molecule has 0 spiro atoms. The lowest BCUT2D eigenvalue weighted by molar-refractivity contribution is -0.136. The number of nitrogens with one attached hydrogen (secondary N) is 1. The first kappa shape index (κ1) is 23.8. The van der Waals surface area contributed by atoms with Crippen LogP contribution in [0.2, 0.25) is 0 Å². The van der Waals surface area contributed by atoms with Crippen LogP contribution in [-0.2, 0) is 24.1 Å². The quantitative estimate of drug-likeness (QED) is 0.436. The minimum absolute atomic E-state index is 0.0782. The van der Waals surface area contributed by atoms with Crippen LogP contribution < -0.4 is 10.1 Å². The van der Waals surface area contributed by atoms with Crippen molar-refractivity contribution < 1.29 is 19.7 Å². The van der Waals surface area contributed by atoms with Crippen LogP contribution in [0.3, 0.4) is 0 Å². The number of carbonyl (C=O) groups is 1. The van der Waals surface area contributed by atoms with Crippen LogP contribution in [0.1, 0.15) is 43.4 Å². The average molecular weight is 490 g/mol. The fourth-order valence-corrected chi connectivity index (χ4v) is 4.65. The van der Waals surface area contributed by atoms with Crippen molar-refractivity contribution in [1.82, 2.24) is 5.32 Å². The number of rotatable bonds is 11. The van der Waals surface area contributed by atoms with Gasteiger partial charge in [0.1, 0.15) is 18.5 Å². The van der Waals surface area contributed by atoms with Gasteiger partial charge in [-0.15, -0.1) is 0 Å². The number of fused-ring (bicyclic) bond motifs is 1. The third-order valence-corrected chi connectivity index (χ3v) is 6.46. The van der Waals surface area contributed by atoms with E-state index >= 15 is 0 Å². The van der Waals surface area contributed by atoms with E-state index in [1.165, 1.54) is 11.1 Å². The molecule has 0 saturated heterocycles. The number of hydrogen-bond acceptors (Lipinski definition) is 4. The van der Waals surface area contributed by atoms with Crippen LogP contribution in [0, 0.1) is 5.92 Å². The Hall–Kier alpha value is -1.89. The van der Waals surface area contributed by atoms with Gasteiger partial charge in [0, 0.05) is 18.5 Å². The van der Waals surface area contributed by atoms with Gasteiger partial charge >= 0.3 is 5.97 Å². The molecule has 0 aromatic heterocycles. The van der Waals surface area contributed by atoms with E-state index in [9.17, 15) is 9.90 Å². The molecular weight excluding hydrogens is 458 g/mol. The number of aryl methyl sites for hydroxylation is 1. The number of aliphatic carboxylic acids is 1. The lowest BCUT2D eigenvalue weighted by Crippen LogP contribution is -2.46. The number of carboxylic acid groups (broad SMARTS) is 1. The van der Waals surface area contributed by atoms with Crippen molar-refractivity contribution in [1.29, 1.82) is 0 Å². The predicted molar refractivity (Wildman–Crippen MR) is 126 cm³/mol. The highest BCUT2D eigenvalue weighted by Crippen LogP contribution is 2.32. The second-order valence-electron chi connectivity index (χ2n) is 9.14. The fourth-order valence-electron chi connectivity index (χ4n) is 4.29. The summed E-state index contributed by atoms with van der Waals surface area (Å²) in [6.07, 6.45) is 3.18. The van der Waals surface area contributed by atoms with Crippen LogP contribution in [0.5, 0.6) is 5.75 Å². The van der Waals surface area contributed by atoms with Gasteiger partial charge in [0.2, 0.25) is 0 Å². The van der Waals surface area contributed by atoms with Gasteiger partial charge in [0.05, 0.1) is 4.47 Å². The number of hydrogen-bond donors (Lipinski definition) is 3. The molecule has 0 heterocycles. The number of β-amino-alcohol motifs (C(OH)–C–C–N with tert-alkyl or cyclic N) is 1. The Morgan fingerprint density at radius 2 is 1.90 bits per heavy atom. The Bertz CT molecular complexity index is 874. The average Bonchev–Trinajstić information content (AvgIpc) is 3.12. The van der Waals surface area contributed by atoms with Crippen LogP contribution in [0.25, 0.3) is 0 Å². The topological polar surface area (TPSA) is 78.8 Å². The van der Waals surface area contributed by atoms with E-state index < -0.39 is 12.1 Å². The maximum atomic E-state index is 10.8. The first-order valence-electron chi connectivity index (χ1n) is 10.8. The second kappa shape index (κ2) is 10.6. The summed E-state index contributed by atoms with van der Waals surface area (Å²) in [4.78, 5) is 10.8. The molecule has 0 saturated carbocycles. The van der Waals surface area contributed by atoms with E-state index in [4.69, 9.17) is 9.84 Å². The second-order valence-corrected chi connectivity index (χ2v) is 9.99. The van der Waals surface area contributed by atoms with Gasteiger partial charge in [-0.25, -0.2) is 0 Å². The molecule has 0 bridgehead atoms. The molecule has 1 aliphatic carbocycles. The summed E-state index contributed by atoms with van der Waals surface area (Å²) in [5, 5.41) is 22.8. The fraction of sp³-hybridized carbons (Fsp3) is 0.480. The molecule has 0 fully saturated rings. The largest absolute Gasteiger partial charge is 0.490 e. The van der Waals surface area contributed by atoms with Crippen molar-refractivity contribution in [2.45, 2.75) is 57.6 Å². The molecule has 0 aliphatic heterocycles. The summed E-state index contributed by atoms with van der Waals surface area (Å²) in [6, 6.07) is 14.2. The lowest BCUT2D eigenvalue weighted by atomic mass is 9.88. The van der Waals surface area contributed by atoms with Crippen molar-refractivity contribution in [3.63, 3.8) is 0 Å². The highest BCUT2D eigenvalue weighted by atomic mass is 79.9. The van der Waals surface area contributed by atoms with Gasteiger partial charge in [0.15, 0.2) is 0 Å². The predicted octanol–water partition coefficient (Wildman–Crippen LogP) is 4.38. The summed E-state index contributed by atoms with van der Waals surface area (Å²) >= 11 is 3.45. The van der Waals surface area contributed by atoms with Crippen LogP contribution in [0.15, 0.2) is 46.9 Å². The van der Waals surface area contributed by atoms with Gasteiger partial charge in [-0.2, -0.15) is 0 Å². The molecule has 31 heavy (non-hydrogen) atoms. The minimum atomic E-state index is -0.823. The summed E-state index contributed by atoms with van der Waals surface area (Å²) in [5.74, 6) is 0.415. The van der Waals surface area contributed by atoms with Gasteiger partial charge in [-0.1, -0.05) is 30.3 Å². The van der Waals surface area contributed by atoms with E-state index in [0.29, 0.717) is 24.6 Å². The van der Waals surface area contributed by atoms with E-state index in [0.717, 1.165) is 29.3 Å². The van der Waals surface area contributed by atoms with Crippen LogP contribution in [-0.4, -0.2) is 41.0 Å². The summed E-state index contributed by atoms with van der Waals surface area (Å²) in [6.45, 7) is 4.99. The van der Waals surface area contributed by atoms with E-state index in [2.05, 4.69) is 59.4 Å². The molecule has 0 unspecified atom stereocenters. The Morgan fingerprint density at radius 3 is 2.55 bits per heavy atom. The van der Waals surface area contributed by atoms with E-state index in [-0.39, 0.29) is 18.6 Å². The molecule has 0 amide bonds. The van der Waals surface area contributed by atoms with E-state index in [1.54, 1.807) is 0 Å². The Kier molecular flexibility index (Phi) is 8.14. The smallest absolute Gasteiger partial charge is 0.303 e. The molecule has 1 atom stereocenters. The molecule has 2 aromatic rings. The summed E-state index contributed by atoms with van der Waals surface area (Å²) < 4.78 is 6.59. The summed E-state index contributed by atoms with van der Waals surface area (Å²) in [7, 11) is 0. The molecular formula is C25H32BrNO4. The third-order valence-electron chi connectivity index (χ3n) is 5.81. The maximum Gasteiger partial charge on any atom is 0.303 e. The number of halogens is 1. The normalized spacial score (nSPS) is 15.0. The molecule has 0 radical (unpaired) electrons. The number of ether oxygens (including phenoxy) is 1. The molecule has 168 valence electrons. The van der Waals surface area contributed by atoms with Gasteiger partial charge in [-0.3, -0.25) is 4.79 Å². The molecule has 3 rings (SSSR count). The van der Waals surface area contributed by atoms with Crippen molar-refractivity contribution in [3.8, 4) is 5.75 Å². The number of benzene rings is 2. The first-order valence-corrected chi connectivity index (χ1v) is 11.6. The van der Waals surface area contributed by atoms with Crippen molar-refractivity contribution in [2.75, 3.05) is 13.2 Å². The first-order chi connectivity index (χ1) is 14.7. The molecule has 2 aromatic carbocycles. The zero-order valence-electron chi connectivity index (χ0n) is 18.2. The Balaban J connectivity index is 1.44. The lowest BCUT2D eigenvalue weighted by Gasteiger charge is -2.30. The van der Waals surface area contributed by atoms with Crippen molar-refractivity contribution in [3.05, 3.63) is 63.6 Å². The molecule has 1 aliphatic rings. The number of aliphatic hydroxyl groups excluding tert-OH is 1. The highest BCUT2D eigenvalue weighted by molar-refractivity contribution is 9.10. The number of aliphatic hydroxyl groups is 1.